The smallest absolute Gasteiger partial charge is 0.124 e. The van der Waals surface area contributed by atoms with E-state index in [9.17, 15) is 5.21 Å². The second-order valence-electron chi connectivity index (χ2n) is 6.68. The van der Waals surface area contributed by atoms with Crippen molar-refractivity contribution in [1.82, 2.24) is 10.0 Å². The molecule has 0 amide bonds. The average Bonchev–Trinajstić information content (AvgIpc) is 2.69. The Hall–Kier alpha value is -1.95. The highest BCUT2D eigenvalue weighted by molar-refractivity contribution is 5.47. The molecule has 3 rings (SSSR count). The van der Waals surface area contributed by atoms with E-state index in [1.165, 1.54) is 29.9 Å². The summed E-state index contributed by atoms with van der Waals surface area (Å²) < 4.78 is 0. The first-order chi connectivity index (χ1) is 12.2. The Balaban J connectivity index is 1.55. The van der Waals surface area contributed by atoms with Crippen molar-refractivity contribution in [2.75, 3.05) is 24.5 Å². The molecule has 1 unspecified atom stereocenters. The largest absolute Gasteiger partial charge is 0.371 e. The SMILES string of the molecule is NC(c1cc(N2CCCCC2)ccn1)N(O)CCCc1ccccc1. The minimum atomic E-state index is -0.597. The molecular weight excluding hydrogens is 312 g/mol. The van der Waals surface area contributed by atoms with Crippen LogP contribution < -0.4 is 10.6 Å². The van der Waals surface area contributed by atoms with Gasteiger partial charge in [0.15, 0.2) is 0 Å². The highest BCUT2D eigenvalue weighted by Gasteiger charge is 2.18. The molecule has 5 heteroatoms. The van der Waals surface area contributed by atoms with E-state index in [2.05, 4.69) is 22.0 Å². The number of piperidine rings is 1. The third-order valence-electron chi connectivity index (χ3n) is 4.81. The fourth-order valence-electron chi connectivity index (χ4n) is 3.33. The number of aromatic nitrogens is 1. The molecule has 1 aliphatic heterocycles. The number of pyridine rings is 1. The van der Waals surface area contributed by atoms with Crippen molar-refractivity contribution in [3.63, 3.8) is 0 Å². The predicted molar refractivity (Wildman–Crippen MR) is 100 cm³/mol. The highest BCUT2D eigenvalue weighted by atomic mass is 16.5. The Bertz CT molecular complexity index is 643. The maximum Gasteiger partial charge on any atom is 0.124 e. The summed E-state index contributed by atoms with van der Waals surface area (Å²) in [5, 5.41) is 11.5. The van der Waals surface area contributed by atoms with E-state index in [4.69, 9.17) is 5.73 Å². The lowest BCUT2D eigenvalue weighted by molar-refractivity contribution is -0.128. The minimum Gasteiger partial charge on any atom is -0.371 e. The number of aryl methyl sites for hydroxylation is 1. The number of hydrogen-bond acceptors (Lipinski definition) is 5. The zero-order chi connectivity index (χ0) is 17.5. The standard InChI is InChI=1S/C20H28N4O/c21-20(24(25)15-7-10-17-8-3-1-4-9-17)19-16-18(11-12-22-19)23-13-5-2-6-14-23/h1,3-4,8-9,11-12,16,20,25H,2,5-7,10,13-15,21H2. The fourth-order valence-corrected chi connectivity index (χ4v) is 3.33. The summed E-state index contributed by atoms with van der Waals surface area (Å²) in [7, 11) is 0. The van der Waals surface area contributed by atoms with Crippen molar-refractivity contribution in [3.8, 4) is 0 Å². The van der Waals surface area contributed by atoms with Gasteiger partial charge in [-0.25, -0.2) is 0 Å². The third-order valence-corrected chi connectivity index (χ3v) is 4.81. The zero-order valence-electron chi connectivity index (χ0n) is 14.7. The summed E-state index contributed by atoms with van der Waals surface area (Å²) in [6.45, 7) is 2.68. The Morgan fingerprint density at radius 1 is 1.12 bits per heavy atom. The molecule has 0 aliphatic carbocycles. The van der Waals surface area contributed by atoms with Crippen molar-refractivity contribution in [3.05, 3.63) is 59.9 Å². The van der Waals surface area contributed by atoms with E-state index in [0.717, 1.165) is 31.6 Å². The van der Waals surface area contributed by atoms with Crippen molar-refractivity contribution in [2.45, 2.75) is 38.3 Å². The van der Waals surface area contributed by atoms with Gasteiger partial charge in [-0.1, -0.05) is 30.3 Å². The second-order valence-corrected chi connectivity index (χ2v) is 6.68. The van der Waals surface area contributed by atoms with Crippen LogP contribution in [-0.4, -0.2) is 34.9 Å². The number of nitrogens with two attached hydrogens (primary N) is 1. The lowest BCUT2D eigenvalue weighted by atomic mass is 10.1. The monoisotopic (exact) mass is 340 g/mol. The molecule has 25 heavy (non-hydrogen) atoms. The summed E-state index contributed by atoms with van der Waals surface area (Å²) in [4.78, 5) is 6.74. The van der Waals surface area contributed by atoms with Gasteiger partial charge in [-0.3, -0.25) is 4.98 Å². The summed E-state index contributed by atoms with van der Waals surface area (Å²) >= 11 is 0. The van der Waals surface area contributed by atoms with E-state index in [0.29, 0.717) is 12.2 Å². The summed E-state index contributed by atoms with van der Waals surface area (Å²) in [5.41, 5.74) is 9.35. The van der Waals surface area contributed by atoms with Crippen LogP contribution in [0.2, 0.25) is 0 Å². The van der Waals surface area contributed by atoms with Crippen LogP contribution in [-0.2, 0) is 6.42 Å². The molecule has 0 bridgehead atoms. The molecule has 0 spiro atoms. The van der Waals surface area contributed by atoms with E-state index < -0.39 is 6.17 Å². The van der Waals surface area contributed by atoms with Crippen LogP contribution in [0.3, 0.4) is 0 Å². The highest BCUT2D eigenvalue weighted by Crippen LogP contribution is 2.22. The summed E-state index contributed by atoms with van der Waals surface area (Å²) in [6.07, 6.45) is 6.73. The van der Waals surface area contributed by atoms with Crippen LogP contribution in [0.1, 0.15) is 43.1 Å². The molecule has 134 valence electrons. The topological polar surface area (TPSA) is 65.6 Å². The third kappa shape index (κ3) is 5.01. The number of nitrogens with zero attached hydrogens (tertiary/aromatic N) is 3. The first-order valence-corrected chi connectivity index (χ1v) is 9.20. The maximum absolute atomic E-state index is 10.3. The van der Waals surface area contributed by atoms with Gasteiger partial charge in [-0.15, -0.1) is 0 Å². The van der Waals surface area contributed by atoms with E-state index >= 15 is 0 Å². The van der Waals surface area contributed by atoms with Crippen LogP contribution in [0.4, 0.5) is 5.69 Å². The number of rotatable bonds is 7. The summed E-state index contributed by atoms with van der Waals surface area (Å²) in [6, 6.07) is 14.3. The number of hydrogen-bond donors (Lipinski definition) is 2. The fraction of sp³-hybridized carbons (Fsp3) is 0.450. The molecular formula is C20H28N4O. The Morgan fingerprint density at radius 3 is 2.64 bits per heavy atom. The van der Waals surface area contributed by atoms with Gasteiger partial charge in [0.1, 0.15) is 6.17 Å². The zero-order valence-corrected chi connectivity index (χ0v) is 14.7. The van der Waals surface area contributed by atoms with Gasteiger partial charge in [0.25, 0.3) is 0 Å². The average molecular weight is 340 g/mol. The normalized spacial score (nSPS) is 16.2. The minimum absolute atomic E-state index is 0.520. The first kappa shape index (κ1) is 17.9. The van der Waals surface area contributed by atoms with Crippen molar-refractivity contribution in [1.29, 1.82) is 0 Å². The Labute approximate surface area is 150 Å². The van der Waals surface area contributed by atoms with Crippen LogP contribution >= 0.6 is 0 Å². The summed E-state index contributed by atoms with van der Waals surface area (Å²) in [5.74, 6) is 0. The van der Waals surface area contributed by atoms with Crippen LogP contribution in [0.15, 0.2) is 48.7 Å². The van der Waals surface area contributed by atoms with Gasteiger partial charge >= 0.3 is 0 Å². The van der Waals surface area contributed by atoms with Crippen LogP contribution in [0.25, 0.3) is 0 Å². The molecule has 5 nitrogen and oxygen atoms in total. The molecule has 0 saturated carbocycles. The van der Waals surface area contributed by atoms with Gasteiger partial charge < -0.3 is 15.8 Å². The molecule has 0 radical (unpaired) electrons. The first-order valence-electron chi connectivity index (χ1n) is 9.20. The lowest BCUT2D eigenvalue weighted by Gasteiger charge is -2.29. The predicted octanol–water partition coefficient (Wildman–Crippen LogP) is 3.35. The Kier molecular flexibility index (Phi) is 6.39. The maximum atomic E-state index is 10.3. The van der Waals surface area contributed by atoms with Gasteiger partial charge in [0.2, 0.25) is 0 Å². The Morgan fingerprint density at radius 2 is 1.88 bits per heavy atom. The van der Waals surface area contributed by atoms with E-state index in [-0.39, 0.29) is 0 Å². The molecule has 1 saturated heterocycles. The molecule has 2 heterocycles. The molecule has 1 fully saturated rings. The van der Waals surface area contributed by atoms with Gasteiger partial charge in [0, 0.05) is 31.5 Å². The van der Waals surface area contributed by atoms with Gasteiger partial charge in [-0.2, -0.15) is 5.06 Å². The van der Waals surface area contributed by atoms with E-state index in [1.807, 2.05) is 30.3 Å². The number of anilines is 1. The molecule has 3 N–H and O–H groups in total. The van der Waals surface area contributed by atoms with Crippen LogP contribution in [0, 0.1) is 0 Å². The van der Waals surface area contributed by atoms with Gasteiger partial charge in [0.05, 0.1) is 5.69 Å². The lowest BCUT2D eigenvalue weighted by Crippen LogP contribution is -2.34. The molecule has 1 atom stereocenters. The number of benzene rings is 1. The van der Waals surface area contributed by atoms with Gasteiger partial charge in [-0.05, 0) is 49.8 Å². The van der Waals surface area contributed by atoms with Crippen LogP contribution in [0.5, 0.6) is 0 Å². The van der Waals surface area contributed by atoms with Crippen molar-refractivity contribution in [2.24, 2.45) is 5.73 Å². The second kappa shape index (κ2) is 8.94. The quantitative estimate of drug-likeness (QED) is 0.598. The molecule has 1 aromatic carbocycles. The van der Waals surface area contributed by atoms with Crippen molar-refractivity contribution >= 4 is 5.69 Å². The number of hydroxylamine groups is 2. The molecule has 2 aromatic rings. The van der Waals surface area contributed by atoms with E-state index in [1.54, 1.807) is 6.20 Å². The molecule has 1 aliphatic rings. The van der Waals surface area contributed by atoms with Crippen molar-refractivity contribution < 1.29 is 5.21 Å². The molecule has 1 aromatic heterocycles.